The third-order valence-electron chi connectivity index (χ3n) is 3.45. The van der Waals surface area contributed by atoms with Crippen LogP contribution in [0.2, 0.25) is 0 Å². The maximum absolute atomic E-state index is 4.36. The zero-order chi connectivity index (χ0) is 14.5. The molecule has 1 atom stereocenters. The van der Waals surface area contributed by atoms with Crippen molar-refractivity contribution in [1.82, 2.24) is 20.1 Å². The third-order valence-corrected chi connectivity index (χ3v) is 3.45. The minimum absolute atomic E-state index is 0.233. The summed E-state index contributed by atoms with van der Waals surface area (Å²) in [5.74, 6) is 0. The normalized spacial score (nSPS) is 12.2. The number of pyridine rings is 1. The number of rotatable bonds is 5. The van der Waals surface area contributed by atoms with E-state index in [2.05, 4.69) is 46.6 Å². The number of aromatic nitrogens is 3. The molecule has 0 aliphatic rings. The van der Waals surface area contributed by atoms with Gasteiger partial charge in [0, 0.05) is 31.2 Å². The van der Waals surface area contributed by atoms with E-state index in [4.69, 9.17) is 0 Å². The van der Waals surface area contributed by atoms with Crippen LogP contribution in [0, 0.1) is 0 Å². The lowest BCUT2D eigenvalue weighted by Gasteiger charge is -2.13. The molecular weight excluding hydrogens is 260 g/mol. The molecule has 0 spiro atoms. The molecule has 2 heterocycles. The summed E-state index contributed by atoms with van der Waals surface area (Å²) in [5, 5.41) is 7.71. The van der Waals surface area contributed by atoms with Gasteiger partial charge in [-0.3, -0.25) is 4.98 Å². The fourth-order valence-corrected chi connectivity index (χ4v) is 2.20. The van der Waals surface area contributed by atoms with Gasteiger partial charge in [0.25, 0.3) is 0 Å². The van der Waals surface area contributed by atoms with Crippen LogP contribution in [0.15, 0.2) is 67.1 Å². The average Bonchev–Trinajstić information content (AvgIpc) is 3.08. The summed E-state index contributed by atoms with van der Waals surface area (Å²) < 4.78 is 1.85. The first-order valence-electron chi connectivity index (χ1n) is 7.06. The highest BCUT2D eigenvalue weighted by atomic mass is 15.3. The van der Waals surface area contributed by atoms with Crippen LogP contribution < -0.4 is 5.32 Å². The summed E-state index contributed by atoms with van der Waals surface area (Å²) in [5.41, 5.74) is 3.38. The molecule has 2 aromatic heterocycles. The van der Waals surface area contributed by atoms with E-state index in [1.165, 1.54) is 5.56 Å². The molecule has 0 saturated heterocycles. The van der Waals surface area contributed by atoms with Gasteiger partial charge in [0.1, 0.15) is 0 Å². The van der Waals surface area contributed by atoms with Gasteiger partial charge in [-0.15, -0.1) is 0 Å². The third kappa shape index (κ3) is 3.35. The Morgan fingerprint density at radius 2 is 1.90 bits per heavy atom. The highest BCUT2D eigenvalue weighted by molar-refractivity contribution is 5.33. The van der Waals surface area contributed by atoms with Crippen molar-refractivity contribution in [3.63, 3.8) is 0 Å². The quantitative estimate of drug-likeness (QED) is 0.779. The lowest BCUT2D eigenvalue weighted by Crippen LogP contribution is -2.18. The highest BCUT2D eigenvalue weighted by Crippen LogP contribution is 2.12. The summed E-state index contributed by atoms with van der Waals surface area (Å²) in [6, 6.07) is 16.5. The fourth-order valence-electron chi connectivity index (χ4n) is 2.20. The molecule has 0 aliphatic carbocycles. The summed E-state index contributed by atoms with van der Waals surface area (Å²) in [6.45, 7) is 2.94. The van der Waals surface area contributed by atoms with E-state index >= 15 is 0 Å². The first-order chi connectivity index (χ1) is 10.3. The van der Waals surface area contributed by atoms with Crippen molar-refractivity contribution in [2.75, 3.05) is 0 Å². The number of benzene rings is 1. The van der Waals surface area contributed by atoms with Gasteiger partial charge in [-0.2, -0.15) is 5.10 Å². The predicted molar refractivity (Wildman–Crippen MR) is 83.1 cm³/mol. The van der Waals surface area contributed by atoms with Crippen LogP contribution in [0.25, 0.3) is 5.69 Å². The summed E-state index contributed by atoms with van der Waals surface area (Å²) >= 11 is 0. The molecule has 3 rings (SSSR count). The minimum Gasteiger partial charge on any atom is -0.305 e. The Kier molecular flexibility index (Phi) is 4.07. The number of nitrogens with zero attached hydrogens (tertiary/aromatic N) is 3. The molecule has 0 aliphatic heterocycles. The summed E-state index contributed by atoms with van der Waals surface area (Å²) in [4.78, 5) is 4.36. The zero-order valence-corrected chi connectivity index (χ0v) is 12.0. The van der Waals surface area contributed by atoms with Gasteiger partial charge in [0.15, 0.2) is 0 Å². The van der Waals surface area contributed by atoms with Gasteiger partial charge in [-0.25, -0.2) is 4.68 Å². The van der Waals surface area contributed by atoms with Crippen LogP contribution in [0.3, 0.4) is 0 Å². The Labute approximate surface area is 124 Å². The van der Waals surface area contributed by atoms with Crippen LogP contribution in [0.1, 0.15) is 24.2 Å². The molecular formula is C17H18N4. The molecule has 0 amide bonds. The second kappa shape index (κ2) is 6.33. The maximum Gasteiger partial charge on any atom is 0.0645 e. The van der Waals surface area contributed by atoms with Gasteiger partial charge in [-0.05, 0) is 42.8 Å². The molecule has 1 N–H and O–H groups in total. The Bertz CT molecular complexity index is 660. The summed E-state index contributed by atoms with van der Waals surface area (Å²) in [7, 11) is 0. The first-order valence-corrected chi connectivity index (χ1v) is 7.06. The van der Waals surface area contributed by atoms with Crippen molar-refractivity contribution >= 4 is 0 Å². The second-order valence-electron chi connectivity index (χ2n) is 4.97. The molecule has 4 nitrogen and oxygen atoms in total. The molecule has 4 heteroatoms. The van der Waals surface area contributed by atoms with Crippen molar-refractivity contribution < 1.29 is 0 Å². The topological polar surface area (TPSA) is 42.7 Å². The van der Waals surface area contributed by atoms with E-state index in [-0.39, 0.29) is 6.04 Å². The van der Waals surface area contributed by atoms with Crippen molar-refractivity contribution in [3.8, 4) is 5.69 Å². The summed E-state index contributed by atoms with van der Waals surface area (Å²) in [6.07, 6.45) is 5.55. The van der Waals surface area contributed by atoms with Gasteiger partial charge in [-0.1, -0.05) is 18.2 Å². The van der Waals surface area contributed by atoms with Crippen LogP contribution in [-0.2, 0) is 6.54 Å². The predicted octanol–water partition coefficient (Wildman–Crippen LogP) is 3.12. The maximum atomic E-state index is 4.36. The van der Waals surface area contributed by atoms with Crippen LogP contribution >= 0.6 is 0 Å². The monoisotopic (exact) mass is 278 g/mol. The van der Waals surface area contributed by atoms with Crippen LogP contribution in [0.5, 0.6) is 0 Å². The SMILES string of the molecule is CC(NCc1ccc(-n2cccn2)cc1)c1ccccn1. The lowest BCUT2D eigenvalue weighted by atomic mass is 10.1. The van der Waals surface area contributed by atoms with E-state index < -0.39 is 0 Å². The van der Waals surface area contributed by atoms with Crippen molar-refractivity contribution in [1.29, 1.82) is 0 Å². The molecule has 106 valence electrons. The number of hydrogen-bond acceptors (Lipinski definition) is 3. The zero-order valence-electron chi connectivity index (χ0n) is 12.0. The molecule has 0 bridgehead atoms. The molecule has 1 unspecified atom stereocenters. The second-order valence-corrected chi connectivity index (χ2v) is 4.97. The molecule has 0 fully saturated rings. The van der Waals surface area contributed by atoms with Crippen LogP contribution in [-0.4, -0.2) is 14.8 Å². The van der Waals surface area contributed by atoms with Crippen LogP contribution in [0.4, 0.5) is 0 Å². The Morgan fingerprint density at radius 1 is 1.05 bits per heavy atom. The first kappa shape index (κ1) is 13.5. The van der Waals surface area contributed by atoms with E-state index in [0.29, 0.717) is 0 Å². The van der Waals surface area contributed by atoms with Gasteiger partial charge >= 0.3 is 0 Å². The van der Waals surface area contributed by atoms with E-state index in [0.717, 1.165) is 17.9 Å². The largest absolute Gasteiger partial charge is 0.305 e. The Balaban J connectivity index is 1.61. The van der Waals surface area contributed by atoms with E-state index in [9.17, 15) is 0 Å². The van der Waals surface area contributed by atoms with E-state index in [1.807, 2.05) is 41.3 Å². The Hall–Kier alpha value is -2.46. The molecule has 1 aromatic carbocycles. The molecule has 21 heavy (non-hydrogen) atoms. The molecule has 0 saturated carbocycles. The van der Waals surface area contributed by atoms with Crippen molar-refractivity contribution in [2.45, 2.75) is 19.5 Å². The van der Waals surface area contributed by atoms with Crippen molar-refractivity contribution in [2.24, 2.45) is 0 Å². The molecule has 0 radical (unpaired) electrons. The Morgan fingerprint density at radius 3 is 2.57 bits per heavy atom. The lowest BCUT2D eigenvalue weighted by molar-refractivity contribution is 0.561. The highest BCUT2D eigenvalue weighted by Gasteiger charge is 2.05. The number of nitrogens with one attached hydrogen (secondary N) is 1. The fraction of sp³-hybridized carbons (Fsp3) is 0.176. The van der Waals surface area contributed by atoms with Crippen molar-refractivity contribution in [3.05, 3.63) is 78.4 Å². The smallest absolute Gasteiger partial charge is 0.0645 e. The van der Waals surface area contributed by atoms with E-state index in [1.54, 1.807) is 6.20 Å². The number of hydrogen-bond donors (Lipinski definition) is 1. The van der Waals surface area contributed by atoms with Gasteiger partial charge in [0.05, 0.1) is 11.4 Å². The minimum atomic E-state index is 0.233. The molecule has 3 aromatic rings. The van der Waals surface area contributed by atoms with Gasteiger partial charge in [0.2, 0.25) is 0 Å². The van der Waals surface area contributed by atoms with Gasteiger partial charge < -0.3 is 5.32 Å². The average molecular weight is 278 g/mol. The standard InChI is InChI=1S/C17H18N4/c1-14(17-5-2-3-10-18-17)19-13-15-6-8-16(9-7-15)21-12-4-11-20-21/h2-12,14,19H,13H2,1H3.